The van der Waals surface area contributed by atoms with Crippen molar-refractivity contribution in [2.45, 2.75) is 44.9 Å². The molecule has 0 radical (unpaired) electrons. The summed E-state index contributed by atoms with van der Waals surface area (Å²) in [5.41, 5.74) is 5.01. The van der Waals surface area contributed by atoms with E-state index in [-0.39, 0.29) is 0 Å². The molecule has 2 aliphatic rings. The molecule has 0 saturated heterocycles. The molecule has 0 unspecified atom stereocenters. The van der Waals surface area contributed by atoms with E-state index in [0.29, 0.717) is 0 Å². The first kappa shape index (κ1) is 19.5. The van der Waals surface area contributed by atoms with Crippen molar-refractivity contribution in [3.63, 3.8) is 0 Å². The molecule has 0 atom stereocenters. The van der Waals surface area contributed by atoms with Crippen LogP contribution in [0.1, 0.15) is 48.8 Å². The van der Waals surface area contributed by atoms with Gasteiger partial charge in [-0.25, -0.2) is 4.98 Å². The zero-order valence-electron chi connectivity index (χ0n) is 16.8. The van der Waals surface area contributed by atoms with Gasteiger partial charge in [0.05, 0.1) is 10.7 Å². The number of hydrogen-bond acceptors (Lipinski definition) is 3. The summed E-state index contributed by atoms with van der Waals surface area (Å²) in [7, 11) is 2.07. The standard InChI is InChI=1S/C24H30ClN3/c1-28(24-21-14-16-26-15-13-20(21)10-11-22(24)25)23-12-9-19(17-27-23)8-7-18-5-3-2-4-6-18/h7-12,17-18,26H,2-6,13-16H2,1H3/b8-7+. The lowest BCUT2D eigenvalue weighted by atomic mass is 9.89. The molecular weight excluding hydrogens is 366 g/mol. The minimum absolute atomic E-state index is 0.739. The lowest BCUT2D eigenvalue weighted by molar-refractivity contribution is 0.420. The number of benzene rings is 1. The Labute approximate surface area is 173 Å². The Balaban J connectivity index is 1.54. The van der Waals surface area contributed by atoms with E-state index in [1.54, 1.807) is 0 Å². The number of pyridine rings is 1. The van der Waals surface area contributed by atoms with E-state index < -0.39 is 0 Å². The lowest BCUT2D eigenvalue weighted by Gasteiger charge is -2.24. The molecule has 1 aromatic heterocycles. The van der Waals surface area contributed by atoms with E-state index in [1.165, 1.54) is 48.8 Å². The number of halogens is 1. The van der Waals surface area contributed by atoms with Crippen LogP contribution in [0.15, 0.2) is 36.5 Å². The van der Waals surface area contributed by atoms with Crippen molar-refractivity contribution >= 4 is 29.2 Å². The van der Waals surface area contributed by atoms with E-state index in [4.69, 9.17) is 16.6 Å². The van der Waals surface area contributed by atoms with Crippen LogP contribution in [0.4, 0.5) is 11.5 Å². The average molecular weight is 396 g/mol. The summed E-state index contributed by atoms with van der Waals surface area (Å²) in [6.07, 6.45) is 15.4. The van der Waals surface area contributed by atoms with Crippen LogP contribution in [-0.4, -0.2) is 25.1 Å². The Hall–Kier alpha value is -1.84. The van der Waals surface area contributed by atoms with Crippen LogP contribution in [0, 0.1) is 5.92 Å². The molecule has 2 heterocycles. The van der Waals surface area contributed by atoms with Crippen molar-refractivity contribution in [1.82, 2.24) is 10.3 Å². The summed E-state index contributed by atoms with van der Waals surface area (Å²) >= 11 is 6.63. The second-order valence-electron chi connectivity index (χ2n) is 8.05. The molecule has 28 heavy (non-hydrogen) atoms. The summed E-state index contributed by atoms with van der Waals surface area (Å²) in [6.45, 7) is 2.02. The van der Waals surface area contributed by atoms with Crippen molar-refractivity contribution in [1.29, 1.82) is 0 Å². The fourth-order valence-electron chi connectivity index (χ4n) is 4.47. The van der Waals surface area contributed by atoms with Crippen LogP contribution in [0.25, 0.3) is 6.08 Å². The number of allylic oxidation sites excluding steroid dienone is 1. The third-order valence-corrected chi connectivity index (χ3v) is 6.42. The molecule has 4 rings (SSSR count). The number of fused-ring (bicyclic) bond motifs is 1. The monoisotopic (exact) mass is 395 g/mol. The maximum absolute atomic E-state index is 6.63. The van der Waals surface area contributed by atoms with Crippen LogP contribution < -0.4 is 10.2 Å². The molecule has 1 aliphatic heterocycles. The van der Waals surface area contributed by atoms with Crippen molar-refractivity contribution in [3.05, 3.63) is 58.3 Å². The average Bonchev–Trinajstić information content (AvgIpc) is 2.98. The minimum atomic E-state index is 0.739. The number of rotatable bonds is 4. The van der Waals surface area contributed by atoms with Crippen molar-refractivity contribution in [2.75, 3.05) is 25.0 Å². The Morgan fingerprint density at radius 3 is 2.68 bits per heavy atom. The Morgan fingerprint density at radius 1 is 1.07 bits per heavy atom. The van der Waals surface area contributed by atoms with Gasteiger partial charge in [-0.2, -0.15) is 0 Å². The van der Waals surface area contributed by atoms with Gasteiger partial charge in [-0.3, -0.25) is 0 Å². The number of nitrogens with one attached hydrogen (secondary N) is 1. The van der Waals surface area contributed by atoms with E-state index in [2.05, 4.69) is 47.6 Å². The van der Waals surface area contributed by atoms with Gasteiger partial charge in [0.2, 0.25) is 0 Å². The highest BCUT2D eigenvalue weighted by atomic mass is 35.5. The van der Waals surface area contributed by atoms with Crippen molar-refractivity contribution < 1.29 is 0 Å². The number of hydrogen-bond donors (Lipinski definition) is 1. The number of aromatic nitrogens is 1. The molecule has 3 nitrogen and oxygen atoms in total. The highest BCUT2D eigenvalue weighted by molar-refractivity contribution is 6.33. The SMILES string of the molecule is CN(c1ccc(/C=C/C2CCCCC2)cn1)c1c(Cl)ccc2c1CCNCC2. The third-order valence-electron chi connectivity index (χ3n) is 6.11. The van der Waals surface area contributed by atoms with Gasteiger partial charge in [0.25, 0.3) is 0 Å². The van der Waals surface area contributed by atoms with Gasteiger partial charge in [-0.15, -0.1) is 0 Å². The molecule has 1 fully saturated rings. The van der Waals surface area contributed by atoms with Gasteiger partial charge in [-0.05, 0) is 79.6 Å². The summed E-state index contributed by atoms with van der Waals surface area (Å²) < 4.78 is 0. The number of nitrogens with zero attached hydrogens (tertiary/aromatic N) is 2. The molecule has 1 aromatic carbocycles. The van der Waals surface area contributed by atoms with Gasteiger partial charge in [-0.1, -0.05) is 49.1 Å². The van der Waals surface area contributed by atoms with E-state index in [1.807, 2.05) is 12.3 Å². The van der Waals surface area contributed by atoms with Crippen LogP contribution in [-0.2, 0) is 12.8 Å². The molecule has 0 bridgehead atoms. The van der Waals surface area contributed by atoms with E-state index in [0.717, 1.165) is 48.4 Å². The smallest absolute Gasteiger partial charge is 0.132 e. The van der Waals surface area contributed by atoms with Crippen molar-refractivity contribution in [2.24, 2.45) is 5.92 Å². The normalized spacial score (nSPS) is 18.1. The molecule has 0 amide bonds. The first-order valence-electron chi connectivity index (χ1n) is 10.6. The lowest BCUT2D eigenvalue weighted by Crippen LogP contribution is -2.17. The molecule has 4 heteroatoms. The molecule has 0 spiro atoms. The van der Waals surface area contributed by atoms with E-state index >= 15 is 0 Å². The topological polar surface area (TPSA) is 28.2 Å². The summed E-state index contributed by atoms with van der Waals surface area (Å²) in [5.74, 6) is 1.67. The first-order valence-corrected chi connectivity index (χ1v) is 11.0. The molecule has 1 saturated carbocycles. The summed E-state index contributed by atoms with van der Waals surface area (Å²) in [6, 6.07) is 8.47. The zero-order valence-corrected chi connectivity index (χ0v) is 17.5. The fourth-order valence-corrected chi connectivity index (χ4v) is 4.77. The van der Waals surface area contributed by atoms with Crippen molar-refractivity contribution in [3.8, 4) is 0 Å². The van der Waals surface area contributed by atoms with Crippen LogP contribution in [0.2, 0.25) is 5.02 Å². The highest BCUT2D eigenvalue weighted by Gasteiger charge is 2.19. The van der Waals surface area contributed by atoms with Gasteiger partial charge in [0.1, 0.15) is 5.82 Å². The third kappa shape index (κ3) is 4.42. The Morgan fingerprint density at radius 2 is 1.89 bits per heavy atom. The zero-order chi connectivity index (χ0) is 19.3. The van der Waals surface area contributed by atoms with Gasteiger partial charge >= 0.3 is 0 Å². The molecule has 1 N–H and O–H groups in total. The van der Waals surface area contributed by atoms with Gasteiger partial charge < -0.3 is 10.2 Å². The van der Waals surface area contributed by atoms with Crippen LogP contribution >= 0.6 is 11.6 Å². The second kappa shape index (κ2) is 9.11. The molecule has 2 aromatic rings. The predicted molar refractivity (Wildman–Crippen MR) is 120 cm³/mol. The maximum Gasteiger partial charge on any atom is 0.132 e. The van der Waals surface area contributed by atoms with E-state index in [9.17, 15) is 0 Å². The van der Waals surface area contributed by atoms with Gasteiger partial charge in [0.15, 0.2) is 0 Å². The predicted octanol–water partition coefficient (Wildman–Crippen LogP) is 5.78. The minimum Gasteiger partial charge on any atom is -0.328 e. The maximum atomic E-state index is 6.63. The first-order chi connectivity index (χ1) is 13.7. The molecular formula is C24H30ClN3. The summed E-state index contributed by atoms with van der Waals surface area (Å²) in [5, 5.41) is 4.28. The number of anilines is 2. The Bertz CT molecular complexity index is 822. The summed E-state index contributed by atoms with van der Waals surface area (Å²) in [4.78, 5) is 6.87. The second-order valence-corrected chi connectivity index (χ2v) is 8.46. The van der Waals surface area contributed by atoms with Gasteiger partial charge in [0, 0.05) is 13.2 Å². The van der Waals surface area contributed by atoms with Crippen LogP contribution in [0.5, 0.6) is 0 Å². The highest BCUT2D eigenvalue weighted by Crippen LogP contribution is 2.36. The Kier molecular flexibility index (Phi) is 6.33. The largest absolute Gasteiger partial charge is 0.328 e. The fraction of sp³-hybridized carbons (Fsp3) is 0.458. The molecule has 1 aliphatic carbocycles. The quantitative estimate of drug-likeness (QED) is 0.710. The van der Waals surface area contributed by atoms with Crippen LogP contribution in [0.3, 0.4) is 0 Å². The molecule has 148 valence electrons.